The lowest BCUT2D eigenvalue weighted by Gasteiger charge is -2.10. The summed E-state index contributed by atoms with van der Waals surface area (Å²) < 4.78 is 0. The molecule has 6 nitrogen and oxygen atoms in total. The first-order chi connectivity index (χ1) is 9.56. The van der Waals surface area contributed by atoms with E-state index in [1.54, 1.807) is 19.1 Å². The van der Waals surface area contributed by atoms with Crippen molar-refractivity contribution >= 4 is 34.8 Å². The third kappa shape index (κ3) is 3.64. The van der Waals surface area contributed by atoms with Crippen LogP contribution in [0.15, 0.2) is 34.5 Å². The lowest BCUT2D eigenvalue weighted by atomic mass is 10.1. The summed E-state index contributed by atoms with van der Waals surface area (Å²) in [5.74, 6) is -0.610. The number of benzene rings is 1. The molecule has 2 N–H and O–H groups in total. The zero-order valence-electron chi connectivity index (χ0n) is 10.8. The Morgan fingerprint density at radius 2 is 2.05 bits per heavy atom. The highest BCUT2D eigenvalue weighted by Gasteiger charge is 2.17. The number of rotatable bonds is 3. The van der Waals surface area contributed by atoms with Crippen molar-refractivity contribution in [3.63, 3.8) is 0 Å². The van der Waals surface area contributed by atoms with Gasteiger partial charge in [0.15, 0.2) is 0 Å². The molecule has 0 radical (unpaired) electrons. The third-order valence-corrected chi connectivity index (χ3v) is 3.01. The van der Waals surface area contributed by atoms with Crippen LogP contribution in [0.2, 0.25) is 5.02 Å². The standard InChI is InChI=1S/C13H13ClN4O2/c1-8(9-2-4-10(14)5-3-9)15-18-13(20)11-6-7-12(19)17-16-11/h2-5H,6-7H2,1H3,(H,17,19)(H,18,20)/b15-8+. The Bertz CT molecular complexity index is 593. The number of hydrazone groups is 2. The number of hydrogen-bond acceptors (Lipinski definition) is 4. The number of nitrogens with zero attached hydrogens (tertiary/aromatic N) is 2. The molecule has 7 heteroatoms. The fraction of sp³-hybridized carbons (Fsp3) is 0.231. The molecule has 2 amide bonds. The van der Waals surface area contributed by atoms with Gasteiger partial charge >= 0.3 is 0 Å². The highest BCUT2D eigenvalue weighted by atomic mass is 35.5. The van der Waals surface area contributed by atoms with E-state index in [1.165, 1.54) is 0 Å². The van der Waals surface area contributed by atoms with Crippen LogP contribution in [0.3, 0.4) is 0 Å². The predicted octanol–water partition coefficient (Wildman–Crippen LogP) is 1.45. The summed E-state index contributed by atoms with van der Waals surface area (Å²) in [6.07, 6.45) is 0.569. The molecule has 0 spiro atoms. The Balaban J connectivity index is 2.00. The summed E-state index contributed by atoms with van der Waals surface area (Å²) in [6, 6.07) is 7.12. The van der Waals surface area contributed by atoms with E-state index >= 15 is 0 Å². The monoisotopic (exact) mass is 292 g/mol. The average Bonchev–Trinajstić information content (AvgIpc) is 2.46. The van der Waals surface area contributed by atoms with Crippen molar-refractivity contribution in [1.82, 2.24) is 10.9 Å². The zero-order valence-corrected chi connectivity index (χ0v) is 11.6. The SMILES string of the molecule is C/C(=N\NC(=O)C1=NNC(=O)CC1)c1ccc(Cl)cc1. The van der Waals surface area contributed by atoms with E-state index in [0.717, 1.165) is 5.56 Å². The van der Waals surface area contributed by atoms with E-state index in [4.69, 9.17) is 11.6 Å². The molecule has 1 aliphatic heterocycles. The highest BCUT2D eigenvalue weighted by Crippen LogP contribution is 2.10. The minimum absolute atomic E-state index is 0.192. The molecule has 0 fully saturated rings. The largest absolute Gasteiger partial charge is 0.287 e. The third-order valence-electron chi connectivity index (χ3n) is 2.75. The summed E-state index contributed by atoms with van der Waals surface area (Å²) in [7, 11) is 0. The maximum absolute atomic E-state index is 11.8. The van der Waals surface area contributed by atoms with E-state index < -0.39 is 5.91 Å². The highest BCUT2D eigenvalue weighted by molar-refractivity contribution is 6.39. The summed E-state index contributed by atoms with van der Waals surface area (Å²) >= 11 is 5.80. The van der Waals surface area contributed by atoms with Crippen LogP contribution in [-0.2, 0) is 9.59 Å². The zero-order chi connectivity index (χ0) is 14.5. The average molecular weight is 293 g/mol. The fourth-order valence-corrected chi connectivity index (χ4v) is 1.72. The summed E-state index contributed by atoms with van der Waals surface area (Å²) in [5, 5.41) is 8.33. The second kappa shape index (κ2) is 6.29. The molecule has 0 saturated carbocycles. The summed E-state index contributed by atoms with van der Waals surface area (Å²) in [6.45, 7) is 1.77. The Morgan fingerprint density at radius 3 is 2.65 bits per heavy atom. The van der Waals surface area contributed by atoms with E-state index in [-0.39, 0.29) is 18.0 Å². The second-order valence-corrected chi connectivity index (χ2v) is 4.67. The molecule has 20 heavy (non-hydrogen) atoms. The number of amides is 2. The second-order valence-electron chi connectivity index (χ2n) is 4.24. The van der Waals surface area contributed by atoms with Gasteiger partial charge in [-0.1, -0.05) is 23.7 Å². The minimum Gasteiger partial charge on any atom is -0.273 e. The first-order valence-corrected chi connectivity index (χ1v) is 6.40. The molecule has 1 aromatic carbocycles. The Hall–Kier alpha value is -2.21. The summed E-state index contributed by atoms with van der Waals surface area (Å²) in [4.78, 5) is 22.7. The van der Waals surface area contributed by atoms with E-state index in [1.807, 2.05) is 12.1 Å². The maximum atomic E-state index is 11.8. The van der Waals surface area contributed by atoms with Crippen LogP contribution in [0.5, 0.6) is 0 Å². The minimum atomic E-state index is -0.418. The van der Waals surface area contributed by atoms with E-state index in [9.17, 15) is 9.59 Å². The molecule has 0 bridgehead atoms. The van der Waals surface area contributed by atoms with Gasteiger partial charge in [0.1, 0.15) is 5.71 Å². The van der Waals surface area contributed by atoms with Crippen molar-refractivity contribution in [2.24, 2.45) is 10.2 Å². The van der Waals surface area contributed by atoms with Gasteiger partial charge in [-0.05, 0) is 24.6 Å². The molecule has 1 heterocycles. The van der Waals surface area contributed by atoms with Gasteiger partial charge in [0.25, 0.3) is 5.91 Å². The van der Waals surface area contributed by atoms with Crippen LogP contribution >= 0.6 is 11.6 Å². The van der Waals surface area contributed by atoms with Gasteiger partial charge < -0.3 is 0 Å². The first kappa shape index (κ1) is 14.2. The Labute approximate surface area is 120 Å². The molecule has 2 rings (SSSR count). The van der Waals surface area contributed by atoms with Crippen molar-refractivity contribution in [2.75, 3.05) is 0 Å². The van der Waals surface area contributed by atoms with Crippen LogP contribution < -0.4 is 10.9 Å². The smallest absolute Gasteiger partial charge is 0.273 e. The predicted molar refractivity (Wildman–Crippen MR) is 76.6 cm³/mol. The first-order valence-electron chi connectivity index (χ1n) is 6.02. The molecule has 1 aliphatic rings. The lowest BCUT2D eigenvalue weighted by Crippen LogP contribution is -2.35. The van der Waals surface area contributed by atoms with Crippen molar-refractivity contribution in [2.45, 2.75) is 19.8 Å². The van der Waals surface area contributed by atoms with Gasteiger partial charge in [0, 0.05) is 17.9 Å². The van der Waals surface area contributed by atoms with Gasteiger partial charge in [-0.3, -0.25) is 9.59 Å². The van der Waals surface area contributed by atoms with Crippen molar-refractivity contribution in [3.05, 3.63) is 34.9 Å². The lowest BCUT2D eigenvalue weighted by molar-refractivity contribution is -0.121. The van der Waals surface area contributed by atoms with Gasteiger partial charge in [0.2, 0.25) is 5.91 Å². The molecule has 0 aliphatic carbocycles. The normalized spacial score (nSPS) is 15.4. The molecule has 0 aromatic heterocycles. The van der Waals surface area contributed by atoms with Crippen molar-refractivity contribution < 1.29 is 9.59 Å². The molecule has 0 atom stereocenters. The van der Waals surface area contributed by atoms with E-state index in [2.05, 4.69) is 21.1 Å². The van der Waals surface area contributed by atoms with Gasteiger partial charge in [-0.25, -0.2) is 10.9 Å². The van der Waals surface area contributed by atoms with Crippen molar-refractivity contribution in [3.8, 4) is 0 Å². The topological polar surface area (TPSA) is 82.9 Å². The molecule has 0 unspecified atom stereocenters. The number of halogens is 1. The number of carbonyl (C=O) groups excluding carboxylic acids is 2. The van der Waals surface area contributed by atoms with Gasteiger partial charge in [0.05, 0.1) is 5.71 Å². The molecular weight excluding hydrogens is 280 g/mol. The Kier molecular flexibility index (Phi) is 4.47. The van der Waals surface area contributed by atoms with Crippen LogP contribution in [-0.4, -0.2) is 23.2 Å². The van der Waals surface area contributed by atoms with Crippen molar-refractivity contribution in [1.29, 1.82) is 0 Å². The summed E-state index contributed by atoms with van der Waals surface area (Å²) in [5.41, 5.74) is 6.44. The van der Waals surface area contributed by atoms with Crippen LogP contribution in [0.4, 0.5) is 0 Å². The number of hydrogen-bond donors (Lipinski definition) is 2. The van der Waals surface area contributed by atoms with E-state index in [0.29, 0.717) is 17.2 Å². The van der Waals surface area contributed by atoms with Gasteiger partial charge in [-0.2, -0.15) is 10.2 Å². The van der Waals surface area contributed by atoms with Crippen LogP contribution in [0.1, 0.15) is 25.3 Å². The maximum Gasteiger partial charge on any atom is 0.287 e. The molecule has 104 valence electrons. The van der Waals surface area contributed by atoms with Crippen LogP contribution in [0, 0.1) is 0 Å². The molecular formula is C13H13ClN4O2. The number of carbonyl (C=O) groups is 2. The molecule has 0 saturated heterocycles. The molecule has 1 aromatic rings. The number of nitrogens with one attached hydrogen (secondary N) is 2. The fourth-order valence-electron chi connectivity index (χ4n) is 1.59. The van der Waals surface area contributed by atoms with Gasteiger partial charge in [-0.15, -0.1) is 0 Å². The van der Waals surface area contributed by atoms with Crippen LogP contribution in [0.25, 0.3) is 0 Å². The Morgan fingerprint density at radius 1 is 1.35 bits per heavy atom. The quantitative estimate of drug-likeness (QED) is 0.653.